The summed E-state index contributed by atoms with van der Waals surface area (Å²) in [5.74, 6) is 0. The number of para-hydroxylation sites is 1. The van der Waals surface area contributed by atoms with Crippen LogP contribution in [0.4, 0.5) is 11.4 Å². The van der Waals surface area contributed by atoms with Gasteiger partial charge in [-0.2, -0.15) is 0 Å². The second-order valence-corrected chi connectivity index (χ2v) is 14.7. The van der Waals surface area contributed by atoms with E-state index in [1.165, 1.54) is 97.5 Å². The zero-order chi connectivity index (χ0) is 32.1. The van der Waals surface area contributed by atoms with Crippen LogP contribution >= 0.6 is 0 Å². The van der Waals surface area contributed by atoms with Crippen molar-refractivity contribution in [3.8, 4) is 11.1 Å². The van der Waals surface area contributed by atoms with Crippen molar-refractivity contribution >= 4 is 32.9 Å². The van der Waals surface area contributed by atoms with Crippen LogP contribution < -0.4 is 4.90 Å². The van der Waals surface area contributed by atoms with Crippen LogP contribution in [0.15, 0.2) is 152 Å². The van der Waals surface area contributed by atoms with Crippen LogP contribution in [-0.2, 0) is 10.8 Å². The lowest BCUT2D eigenvalue weighted by molar-refractivity contribution is 0.195. The summed E-state index contributed by atoms with van der Waals surface area (Å²) in [5.41, 5.74) is 11.9. The molecule has 3 aliphatic rings. The van der Waals surface area contributed by atoms with Crippen molar-refractivity contribution in [1.82, 2.24) is 0 Å². The van der Waals surface area contributed by atoms with Crippen LogP contribution in [0.5, 0.6) is 0 Å². The van der Waals surface area contributed by atoms with Crippen LogP contribution in [0.3, 0.4) is 0 Å². The molecule has 7 aromatic carbocycles. The number of hydrogen-bond acceptors (Lipinski definition) is 1. The number of benzene rings is 7. The van der Waals surface area contributed by atoms with Gasteiger partial charge in [-0.3, -0.25) is 0 Å². The van der Waals surface area contributed by atoms with E-state index in [4.69, 9.17) is 0 Å². The molecule has 2 unspecified atom stereocenters. The molecule has 48 heavy (non-hydrogen) atoms. The van der Waals surface area contributed by atoms with Crippen LogP contribution in [0.25, 0.3) is 32.7 Å². The first-order valence-corrected chi connectivity index (χ1v) is 17.7. The van der Waals surface area contributed by atoms with Gasteiger partial charge in [-0.15, -0.1) is 0 Å². The van der Waals surface area contributed by atoms with E-state index in [0.29, 0.717) is 0 Å². The zero-order valence-electron chi connectivity index (χ0n) is 27.7. The predicted octanol–water partition coefficient (Wildman–Crippen LogP) is 12.1. The molecule has 0 N–H and O–H groups in total. The van der Waals surface area contributed by atoms with Gasteiger partial charge in [0.25, 0.3) is 0 Å². The van der Waals surface area contributed by atoms with E-state index in [-0.39, 0.29) is 11.0 Å². The van der Waals surface area contributed by atoms with Crippen molar-refractivity contribution in [3.63, 3.8) is 0 Å². The molecule has 1 nitrogen and oxygen atoms in total. The fourth-order valence-electron chi connectivity index (χ4n) is 10.3. The molecule has 0 bridgehead atoms. The molecule has 0 amide bonds. The number of hydrogen-bond donors (Lipinski definition) is 0. The van der Waals surface area contributed by atoms with Crippen LogP contribution in [0.2, 0.25) is 0 Å². The van der Waals surface area contributed by atoms with E-state index >= 15 is 0 Å². The van der Waals surface area contributed by atoms with E-state index in [1.807, 2.05) is 0 Å². The van der Waals surface area contributed by atoms with E-state index < -0.39 is 5.41 Å². The molecule has 1 saturated carbocycles. The third kappa shape index (κ3) is 3.42. The lowest BCUT2D eigenvalue weighted by Gasteiger charge is -2.50. The largest absolute Gasteiger partial charge is 0.334 e. The Morgan fingerprint density at radius 2 is 1.17 bits per heavy atom. The Labute approximate surface area is 283 Å². The minimum absolute atomic E-state index is 0.00238. The Kier molecular flexibility index (Phi) is 5.78. The summed E-state index contributed by atoms with van der Waals surface area (Å²) in [6.45, 7) is 5.07. The first-order chi connectivity index (χ1) is 23.6. The maximum absolute atomic E-state index is 2.73. The minimum Gasteiger partial charge on any atom is -0.334 e. The fourth-order valence-corrected chi connectivity index (χ4v) is 10.3. The van der Waals surface area contributed by atoms with Gasteiger partial charge in [0.05, 0.1) is 11.0 Å². The molecule has 0 radical (unpaired) electrons. The molecule has 2 atom stereocenters. The third-order valence-electron chi connectivity index (χ3n) is 12.7. The van der Waals surface area contributed by atoms with E-state index in [2.05, 4.69) is 170 Å². The fraction of sp³-hybridized carbons (Fsp3) is 0.191. The minimum atomic E-state index is -0.459. The van der Waals surface area contributed by atoms with Crippen LogP contribution in [-0.4, -0.2) is 5.54 Å². The Bertz CT molecular complexity index is 2350. The smallest absolute Gasteiger partial charge is 0.0714 e. The van der Waals surface area contributed by atoms with E-state index in [1.54, 1.807) is 0 Å². The highest BCUT2D eigenvalue weighted by atomic mass is 15.3. The van der Waals surface area contributed by atoms with Gasteiger partial charge in [0.1, 0.15) is 0 Å². The molecule has 1 heteroatoms. The van der Waals surface area contributed by atoms with Crippen molar-refractivity contribution in [1.29, 1.82) is 0 Å². The summed E-state index contributed by atoms with van der Waals surface area (Å²) in [4.78, 5) is 2.73. The van der Waals surface area contributed by atoms with Crippen LogP contribution in [0.1, 0.15) is 67.3 Å². The van der Waals surface area contributed by atoms with Crippen molar-refractivity contribution in [2.45, 2.75) is 55.9 Å². The molecule has 0 saturated heterocycles. The molecule has 232 valence electrons. The van der Waals surface area contributed by atoms with E-state index in [9.17, 15) is 0 Å². The molecule has 1 heterocycles. The standard InChI is InChI=1S/C47H39N/c1-45-29-13-14-30-46(45,2)48(43-22-12-11-21-40(43)45)35-24-26-39-42(31-35)47(33-16-5-3-6-17-33,34-18-7-4-8-19-34)41-28-27-37-36-20-10-9-15-32(36)23-25-38(37)44(39)41/h3-12,15-28,31H,13-14,29-30H2,1-2H3. The lowest BCUT2D eigenvalue weighted by Crippen LogP contribution is -2.54. The number of nitrogens with zero attached hydrogens (tertiary/aromatic N) is 1. The van der Waals surface area contributed by atoms with Crippen molar-refractivity contribution in [2.24, 2.45) is 0 Å². The van der Waals surface area contributed by atoms with Gasteiger partial charge in [0.15, 0.2) is 0 Å². The average Bonchev–Trinajstić information content (AvgIpc) is 3.56. The van der Waals surface area contributed by atoms with Crippen LogP contribution in [0, 0.1) is 0 Å². The first-order valence-electron chi connectivity index (χ1n) is 17.7. The summed E-state index contributed by atoms with van der Waals surface area (Å²) >= 11 is 0. The van der Waals surface area contributed by atoms with Gasteiger partial charge < -0.3 is 4.90 Å². The van der Waals surface area contributed by atoms with Gasteiger partial charge in [0, 0.05) is 16.8 Å². The summed E-state index contributed by atoms with van der Waals surface area (Å²) in [5, 5.41) is 5.24. The average molecular weight is 618 g/mol. The summed E-state index contributed by atoms with van der Waals surface area (Å²) in [7, 11) is 0. The Morgan fingerprint density at radius 3 is 1.96 bits per heavy atom. The number of anilines is 2. The first kappa shape index (κ1) is 27.9. The van der Waals surface area contributed by atoms with Gasteiger partial charge in [0.2, 0.25) is 0 Å². The number of rotatable bonds is 3. The quantitative estimate of drug-likeness (QED) is 0.178. The van der Waals surface area contributed by atoms with Gasteiger partial charge in [-0.05, 0) is 98.5 Å². The lowest BCUT2D eigenvalue weighted by atomic mass is 9.61. The molecule has 0 aromatic heterocycles. The predicted molar refractivity (Wildman–Crippen MR) is 202 cm³/mol. The highest BCUT2D eigenvalue weighted by molar-refractivity contribution is 6.14. The third-order valence-corrected chi connectivity index (χ3v) is 12.7. The van der Waals surface area contributed by atoms with Gasteiger partial charge in [-0.1, -0.05) is 153 Å². The number of fused-ring (bicyclic) bond motifs is 10. The van der Waals surface area contributed by atoms with Gasteiger partial charge in [-0.25, -0.2) is 0 Å². The SMILES string of the molecule is CC12CCCCC1(C)N(c1ccc3c(c1)C(c1ccccc1)(c1ccccc1)c1ccc4c(ccc5ccccc54)c1-3)c1ccccc12. The molecule has 10 rings (SSSR count). The Hall–Kier alpha value is -5.14. The zero-order valence-corrected chi connectivity index (χ0v) is 27.7. The summed E-state index contributed by atoms with van der Waals surface area (Å²) in [6, 6.07) is 57.5. The topological polar surface area (TPSA) is 3.24 Å². The Morgan fingerprint density at radius 1 is 0.500 bits per heavy atom. The molecule has 2 aliphatic carbocycles. The van der Waals surface area contributed by atoms with Crippen molar-refractivity contribution in [3.05, 3.63) is 179 Å². The molecule has 0 spiro atoms. The second kappa shape index (κ2) is 9.94. The highest BCUT2D eigenvalue weighted by Crippen LogP contribution is 2.63. The molecule has 1 aliphatic heterocycles. The van der Waals surface area contributed by atoms with Crippen molar-refractivity contribution in [2.75, 3.05) is 4.90 Å². The molecular formula is C47H39N. The maximum atomic E-state index is 2.73. The van der Waals surface area contributed by atoms with E-state index in [0.717, 1.165) is 0 Å². The molecule has 7 aromatic rings. The van der Waals surface area contributed by atoms with Crippen molar-refractivity contribution < 1.29 is 0 Å². The monoisotopic (exact) mass is 617 g/mol. The van der Waals surface area contributed by atoms with Gasteiger partial charge >= 0.3 is 0 Å². The molecule has 1 fully saturated rings. The maximum Gasteiger partial charge on any atom is 0.0714 e. The molecular weight excluding hydrogens is 579 g/mol. The second-order valence-electron chi connectivity index (χ2n) is 14.7. The normalized spacial score (nSPS) is 21.9. The summed E-state index contributed by atoms with van der Waals surface area (Å²) < 4.78 is 0. The Balaban J connectivity index is 1.32. The highest BCUT2D eigenvalue weighted by Gasteiger charge is 2.58. The summed E-state index contributed by atoms with van der Waals surface area (Å²) in [6.07, 6.45) is 4.98.